The molecule has 148 valence electrons. The van der Waals surface area contributed by atoms with Crippen LogP contribution in [0, 0.1) is 5.82 Å². The Morgan fingerprint density at radius 1 is 1.28 bits per heavy atom. The first-order valence-corrected chi connectivity index (χ1v) is 9.28. The van der Waals surface area contributed by atoms with Crippen molar-refractivity contribution in [3.63, 3.8) is 0 Å². The van der Waals surface area contributed by atoms with Gasteiger partial charge in [0.2, 0.25) is 0 Å². The first-order valence-electron chi connectivity index (χ1n) is 8.08. The smallest absolute Gasteiger partial charge is 0.341 e. The number of nitrogens with one attached hydrogen (secondary N) is 1. The molecule has 1 heterocycles. The molecule has 7 nitrogen and oxygen atoms in total. The van der Waals surface area contributed by atoms with Crippen molar-refractivity contribution in [2.24, 2.45) is 0 Å². The summed E-state index contributed by atoms with van der Waals surface area (Å²) in [6.45, 7) is -0.519. The molecule has 0 aromatic heterocycles. The van der Waals surface area contributed by atoms with Crippen LogP contribution < -0.4 is 15.0 Å². The highest BCUT2D eigenvalue weighted by molar-refractivity contribution is 9.10. The summed E-state index contributed by atoms with van der Waals surface area (Å²) in [6, 6.07) is 10.1. The highest BCUT2D eigenvalue weighted by Crippen LogP contribution is 2.28. The summed E-state index contributed by atoms with van der Waals surface area (Å²) in [4.78, 5) is 36.7. The number of hydrogen-bond acceptors (Lipinski definition) is 5. The lowest BCUT2D eigenvalue weighted by Gasteiger charge is -2.29. The maximum Gasteiger partial charge on any atom is 0.341 e. The molecule has 1 fully saturated rings. The van der Waals surface area contributed by atoms with Gasteiger partial charge in [-0.3, -0.25) is 14.9 Å². The van der Waals surface area contributed by atoms with Crippen LogP contribution in [-0.4, -0.2) is 34.6 Å². The molecule has 2 aromatic rings. The molecule has 1 saturated heterocycles. The second-order valence-corrected chi connectivity index (χ2v) is 7.02. The Morgan fingerprint density at radius 3 is 2.66 bits per heavy atom. The summed E-state index contributed by atoms with van der Waals surface area (Å²) in [5.41, 5.74) is 0.138. The van der Waals surface area contributed by atoms with Gasteiger partial charge in [-0.25, -0.2) is 14.1 Å². The minimum atomic E-state index is -1.13. The maximum absolute atomic E-state index is 14.2. The number of ether oxygens (including phenoxy) is 1. The molecule has 0 radical (unpaired) electrons. The van der Waals surface area contributed by atoms with Crippen molar-refractivity contribution in [2.45, 2.75) is 0 Å². The first kappa shape index (κ1) is 20.6. The number of halogens is 2. The van der Waals surface area contributed by atoms with Crippen LogP contribution in [0.2, 0.25) is 0 Å². The Bertz CT molecular complexity index is 1070. The van der Waals surface area contributed by atoms with Crippen LogP contribution in [0.15, 0.2) is 52.5 Å². The number of anilines is 1. The minimum Gasteiger partial charge on any atom is -0.481 e. The molecule has 1 aliphatic heterocycles. The number of carboxylic acid groups (broad SMARTS) is 1. The van der Waals surface area contributed by atoms with Gasteiger partial charge in [0.25, 0.3) is 11.8 Å². The summed E-state index contributed by atoms with van der Waals surface area (Å²) in [6.07, 6.45) is 1.32. The number of benzene rings is 2. The zero-order valence-corrected chi connectivity index (χ0v) is 16.9. The van der Waals surface area contributed by atoms with Crippen LogP contribution in [-0.2, 0) is 14.4 Å². The molecule has 29 heavy (non-hydrogen) atoms. The molecule has 1 aliphatic rings. The van der Waals surface area contributed by atoms with Crippen LogP contribution >= 0.6 is 28.1 Å². The molecule has 10 heteroatoms. The van der Waals surface area contributed by atoms with E-state index >= 15 is 0 Å². The fourth-order valence-electron chi connectivity index (χ4n) is 2.54. The minimum absolute atomic E-state index is 0.0769. The number of carboxylic acids is 1. The van der Waals surface area contributed by atoms with Crippen molar-refractivity contribution >= 4 is 62.8 Å². The maximum atomic E-state index is 14.2. The molecular weight excluding hydrogens is 467 g/mol. The normalized spacial score (nSPS) is 15.4. The molecular formula is C19H12BrFN2O5S. The fraction of sp³-hybridized carbons (Fsp3) is 0.0526. The van der Waals surface area contributed by atoms with E-state index in [9.17, 15) is 18.8 Å². The van der Waals surface area contributed by atoms with Crippen LogP contribution in [0.5, 0.6) is 5.75 Å². The number of nitrogens with zero attached hydrogens (tertiary/aromatic N) is 1. The molecule has 3 rings (SSSR count). The van der Waals surface area contributed by atoms with Gasteiger partial charge in [-0.2, -0.15) is 0 Å². The zero-order valence-electron chi connectivity index (χ0n) is 14.5. The molecule has 2 aromatic carbocycles. The Labute approximate surface area is 177 Å². The van der Waals surface area contributed by atoms with Gasteiger partial charge in [0.1, 0.15) is 17.1 Å². The Hall–Kier alpha value is -3.11. The standard InChI is InChI=1S/C19H12BrFN2O5S/c20-12-8-10(5-6-15(12)28-9-16(24)25)7-11-17(26)22-19(29)23(18(11)27)14-4-2-1-3-13(14)21/h1-8H,9H2,(H,24,25)(H,22,26,29)/b11-7+. The van der Waals surface area contributed by atoms with Crippen molar-refractivity contribution in [3.05, 3.63) is 63.9 Å². The van der Waals surface area contributed by atoms with E-state index in [-0.39, 0.29) is 22.1 Å². The number of carbonyl (C=O) groups is 3. The highest BCUT2D eigenvalue weighted by atomic mass is 79.9. The van der Waals surface area contributed by atoms with Gasteiger partial charge in [-0.15, -0.1) is 0 Å². The van der Waals surface area contributed by atoms with Gasteiger partial charge in [0.15, 0.2) is 11.7 Å². The zero-order chi connectivity index (χ0) is 21.1. The van der Waals surface area contributed by atoms with E-state index in [1.807, 2.05) is 0 Å². The van der Waals surface area contributed by atoms with Crippen LogP contribution in [0.1, 0.15) is 5.56 Å². The molecule has 0 atom stereocenters. The largest absolute Gasteiger partial charge is 0.481 e. The summed E-state index contributed by atoms with van der Waals surface area (Å²) >= 11 is 8.28. The Morgan fingerprint density at radius 2 is 2.00 bits per heavy atom. The van der Waals surface area contributed by atoms with Crippen molar-refractivity contribution in [3.8, 4) is 5.75 Å². The van der Waals surface area contributed by atoms with Gasteiger partial charge in [0, 0.05) is 0 Å². The van der Waals surface area contributed by atoms with E-state index in [1.165, 1.54) is 36.4 Å². The van der Waals surface area contributed by atoms with Crippen molar-refractivity contribution in [1.29, 1.82) is 0 Å². The number of carbonyl (C=O) groups excluding carboxylic acids is 2. The number of para-hydroxylation sites is 1. The third-order valence-corrected chi connectivity index (χ3v) is 4.72. The average Bonchev–Trinajstić information content (AvgIpc) is 2.65. The highest BCUT2D eigenvalue weighted by Gasteiger charge is 2.35. The lowest BCUT2D eigenvalue weighted by atomic mass is 10.1. The monoisotopic (exact) mass is 478 g/mol. The second kappa shape index (κ2) is 8.50. The van der Waals surface area contributed by atoms with E-state index in [4.69, 9.17) is 22.1 Å². The van der Waals surface area contributed by atoms with E-state index in [0.717, 1.165) is 4.90 Å². The van der Waals surface area contributed by atoms with Crippen molar-refractivity contribution < 1.29 is 28.6 Å². The van der Waals surface area contributed by atoms with Crippen molar-refractivity contribution in [2.75, 3.05) is 11.5 Å². The molecule has 0 bridgehead atoms. The summed E-state index contributed by atoms with van der Waals surface area (Å²) in [7, 11) is 0. The third-order valence-electron chi connectivity index (χ3n) is 3.81. The van der Waals surface area contributed by atoms with E-state index < -0.39 is 30.2 Å². The number of rotatable bonds is 5. The van der Waals surface area contributed by atoms with E-state index in [0.29, 0.717) is 10.0 Å². The van der Waals surface area contributed by atoms with Gasteiger partial charge in [-0.1, -0.05) is 18.2 Å². The van der Waals surface area contributed by atoms with Gasteiger partial charge in [-0.05, 0) is 64.1 Å². The number of hydrogen-bond donors (Lipinski definition) is 2. The molecule has 0 spiro atoms. The summed E-state index contributed by atoms with van der Waals surface area (Å²) in [5.74, 6) is -3.00. The lowest BCUT2D eigenvalue weighted by molar-refractivity contribution is -0.139. The summed E-state index contributed by atoms with van der Waals surface area (Å²) < 4.78 is 19.7. The van der Waals surface area contributed by atoms with E-state index in [2.05, 4.69) is 21.2 Å². The van der Waals surface area contributed by atoms with Gasteiger partial charge >= 0.3 is 5.97 Å². The topological polar surface area (TPSA) is 95.9 Å². The SMILES string of the molecule is O=C(O)COc1ccc(/C=C2\C(=O)NC(=S)N(c3ccccc3F)C2=O)cc1Br. The Balaban J connectivity index is 1.94. The molecule has 0 unspecified atom stereocenters. The second-order valence-electron chi connectivity index (χ2n) is 5.78. The van der Waals surface area contributed by atoms with Crippen LogP contribution in [0.25, 0.3) is 6.08 Å². The molecule has 0 aliphatic carbocycles. The summed E-state index contributed by atoms with van der Waals surface area (Å²) in [5, 5.41) is 10.8. The molecule has 0 saturated carbocycles. The van der Waals surface area contributed by atoms with E-state index in [1.54, 1.807) is 12.1 Å². The van der Waals surface area contributed by atoms with Gasteiger partial charge in [0.05, 0.1) is 10.2 Å². The lowest BCUT2D eigenvalue weighted by Crippen LogP contribution is -2.54. The average molecular weight is 479 g/mol. The predicted molar refractivity (Wildman–Crippen MR) is 110 cm³/mol. The Kier molecular flexibility index (Phi) is 6.04. The van der Waals surface area contributed by atoms with Crippen molar-refractivity contribution in [1.82, 2.24) is 5.32 Å². The third kappa shape index (κ3) is 4.49. The van der Waals surface area contributed by atoms with Gasteiger partial charge < -0.3 is 9.84 Å². The quantitative estimate of drug-likeness (QED) is 0.389. The predicted octanol–water partition coefficient (Wildman–Crippen LogP) is 2.88. The number of amides is 2. The fourth-order valence-corrected chi connectivity index (χ4v) is 3.32. The first-order chi connectivity index (χ1) is 13.8. The number of thiocarbonyl (C=S) groups is 1. The molecule has 2 N–H and O–H groups in total. The van der Waals surface area contributed by atoms with Crippen LogP contribution in [0.4, 0.5) is 10.1 Å². The number of aliphatic carboxylic acids is 1. The molecule has 2 amide bonds. The van der Waals surface area contributed by atoms with Crippen LogP contribution in [0.3, 0.4) is 0 Å².